The number of aryl methyl sites for hydroxylation is 1. The first kappa shape index (κ1) is 22.6. The van der Waals surface area contributed by atoms with Gasteiger partial charge in [-0.05, 0) is 18.1 Å². The van der Waals surface area contributed by atoms with E-state index in [-0.39, 0.29) is 24.0 Å². The molecule has 1 fully saturated rings. The van der Waals surface area contributed by atoms with Gasteiger partial charge in [0.2, 0.25) is 0 Å². The number of ether oxygens (including phenoxy) is 1. The first-order valence-electron chi connectivity index (χ1n) is 9.33. The van der Waals surface area contributed by atoms with Gasteiger partial charge in [-0.2, -0.15) is 5.10 Å². The molecule has 3 rings (SSSR count). The van der Waals surface area contributed by atoms with E-state index in [1.807, 2.05) is 7.05 Å². The van der Waals surface area contributed by atoms with Crippen molar-refractivity contribution in [1.29, 1.82) is 0 Å². The molecule has 1 unspecified atom stereocenters. The SMILES string of the molecule is CN=C(NCc1cccc(CN2CCOC(C)C2)c1)NCc1ncnn1C.I. The van der Waals surface area contributed by atoms with Gasteiger partial charge in [0.25, 0.3) is 0 Å². The summed E-state index contributed by atoms with van der Waals surface area (Å²) in [7, 11) is 3.64. The van der Waals surface area contributed by atoms with Gasteiger partial charge in [0.1, 0.15) is 12.2 Å². The number of hydrogen-bond donors (Lipinski definition) is 2. The van der Waals surface area contributed by atoms with E-state index < -0.39 is 0 Å². The second-order valence-electron chi connectivity index (χ2n) is 6.82. The molecule has 0 spiro atoms. The number of rotatable bonds is 6. The fourth-order valence-electron chi connectivity index (χ4n) is 3.18. The Bertz CT molecular complexity index is 764. The number of halogens is 1. The number of nitrogens with one attached hydrogen (secondary N) is 2. The van der Waals surface area contributed by atoms with Crippen LogP contribution in [0.3, 0.4) is 0 Å². The Morgan fingerprint density at radius 1 is 1.29 bits per heavy atom. The third-order valence-corrected chi connectivity index (χ3v) is 4.63. The monoisotopic (exact) mass is 499 g/mol. The maximum absolute atomic E-state index is 5.62. The van der Waals surface area contributed by atoms with Gasteiger partial charge in [0.15, 0.2) is 5.96 Å². The average molecular weight is 499 g/mol. The van der Waals surface area contributed by atoms with Crippen molar-refractivity contribution in [3.63, 3.8) is 0 Å². The van der Waals surface area contributed by atoms with E-state index >= 15 is 0 Å². The van der Waals surface area contributed by atoms with Crippen LogP contribution in [0.15, 0.2) is 35.6 Å². The summed E-state index contributed by atoms with van der Waals surface area (Å²) in [6.07, 6.45) is 1.86. The van der Waals surface area contributed by atoms with E-state index in [1.54, 1.807) is 18.1 Å². The highest BCUT2D eigenvalue weighted by Crippen LogP contribution is 2.12. The van der Waals surface area contributed by atoms with E-state index in [4.69, 9.17) is 4.74 Å². The third kappa shape index (κ3) is 6.71. The van der Waals surface area contributed by atoms with Gasteiger partial charge in [0, 0.05) is 40.3 Å². The molecule has 2 aromatic rings. The average Bonchev–Trinajstić information content (AvgIpc) is 3.07. The number of hydrogen-bond acceptors (Lipinski definition) is 5. The highest BCUT2D eigenvalue weighted by Gasteiger charge is 2.16. The zero-order chi connectivity index (χ0) is 19.1. The number of guanidine groups is 1. The van der Waals surface area contributed by atoms with Crippen LogP contribution < -0.4 is 10.6 Å². The van der Waals surface area contributed by atoms with Crippen molar-refractivity contribution in [2.75, 3.05) is 26.7 Å². The fraction of sp³-hybridized carbons (Fsp3) is 0.526. The Labute approximate surface area is 183 Å². The van der Waals surface area contributed by atoms with Crippen LogP contribution in [-0.4, -0.2) is 58.5 Å². The minimum Gasteiger partial charge on any atom is -0.376 e. The van der Waals surface area contributed by atoms with Gasteiger partial charge in [-0.1, -0.05) is 24.3 Å². The minimum absolute atomic E-state index is 0. The normalized spacial score (nSPS) is 17.8. The van der Waals surface area contributed by atoms with E-state index in [1.165, 1.54) is 11.1 Å². The summed E-state index contributed by atoms with van der Waals surface area (Å²) in [6.45, 7) is 7.17. The van der Waals surface area contributed by atoms with Crippen molar-refractivity contribution in [2.45, 2.75) is 32.7 Å². The van der Waals surface area contributed by atoms with Crippen LogP contribution in [0.25, 0.3) is 0 Å². The molecule has 2 N–H and O–H groups in total. The molecule has 1 saturated heterocycles. The quantitative estimate of drug-likeness (QED) is 0.357. The van der Waals surface area contributed by atoms with E-state index in [2.05, 4.69) is 61.8 Å². The summed E-state index contributed by atoms with van der Waals surface area (Å²) >= 11 is 0. The van der Waals surface area contributed by atoms with Crippen LogP contribution >= 0.6 is 24.0 Å². The maximum atomic E-state index is 5.62. The highest BCUT2D eigenvalue weighted by atomic mass is 127. The molecule has 1 aliphatic heterocycles. The van der Waals surface area contributed by atoms with Gasteiger partial charge in [-0.25, -0.2) is 4.98 Å². The van der Waals surface area contributed by atoms with E-state index in [9.17, 15) is 0 Å². The Balaban J connectivity index is 0.00000280. The van der Waals surface area contributed by atoms with Gasteiger partial charge < -0.3 is 15.4 Å². The molecule has 0 saturated carbocycles. The smallest absolute Gasteiger partial charge is 0.191 e. The number of aliphatic imine (C=N–C) groups is 1. The third-order valence-electron chi connectivity index (χ3n) is 4.63. The zero-order valence-electron chi connectivity index (χ0n) is 16.8. The summed E-state index contributed by atoms with van der Waals surface area (Å²) in [6, 6.07) is 8.69. The van der Waals surface area contributed by atoms with Gasteiger partial charge in [-0.3, -0.25) is 14.6 Å². The van der Waals surface area contributed by atoms with Crippen molar-refractivity contribution in [3.05, 3.63) is 47.5 Å². The van der Waals surface area contributed by atoms with Crippen molar-refractivity contribution >= 4 is 29.9 Å². The highest BCUT2D eigenvalue weighted by molar-refractivity contribution is 14.0. The Kier molecular flexibility index (Phi) is 9.13. The summed E-state index contributed by atoms with van der Waals surface area (Å²) in [5.41, 5.74) is 2.56. The van der Waals surface area contributed by atoms with Crippen molar-refractivity contribution in [3.8, 4) is 0 Å². The minimum atomic E-state index is 0. The zero-order valence-corrected chi connectivity index (χ0v) is 19.1. The van der Waals surface area contributed by atoms with Crippen LogP contribution in [0.1, 0.15) is 23.9 Å². The molecule has 154 valence electrons. The Morgan fingerprint density at radius 2 is 2.07 bits per heavy atom. The second kappa shape index (κ2) is 11.3. The molecule has 8 nitrogen and oxygen atoms in total. The van der Waals surface area contributed by atoms with Crippen LogP contribution in [0, 0.1) is 0 Å². The molecule has 0 aliphatic carbocycles. The molecule has 1 aromatic heterocycles. The Hall–Kier alpha value is -1.72. The van der Waals surface area contributed by atoms with E-state index in [0.29, 0.717) is 19.2 Å². The van der Waals surface area contributed by atoms with Crippen molar-refractivity contribution < 1.29 is 4.74 Å². The summed E-state index contributed by atoms with van der Waals surface area (Å²) in [5.74, 6) is 1.60. The molecule has 1 aromatic carbocycles. The van der Waals surface area contributed by atoms with Gasteiger partial charge in [0.05, 0.1) is 19.3 Å². The number of nitrogens with zero attached hydrogens (tertiary/aromatic N) is 5. The lowest BCUT2D eigenvalue weighted by atomic mass is 10.1. The summed E-state index contributed by atoms with van der Waals surface area (Å²) < 4.78 is 7.37. The van der Waals surface area contributed by atoms with Gasteiger partial charge in [-0.15, -0.1) is 24.0 Å². The number of aromatic nitrogens is 3. The topological polar surface area (TPSA) is 79.6 Å². The molecule has 28 heavy (non-hydrogen) atoms. The largest absolute Gasteiger partial charge is 0.376 e. The first-order valence-corrected chi connectivity index (χ1v) is 9.33. The molecule has 9 heteroatoms. The number of benzene rings is 1. The fourth-order valence-corrected chi connectivity index (χ4v) is 3.18. The lowest BCUT2D eigenvalue weighted by Crippen LogP contribution is -2.40. The molecule has 2 heterocycles. The summed E-state index contributed by atoms with van der Waals surface area (Å²) in [5, 5.41) is 10.7. The molecule has 0 amide bonds. The Morgan fingerprint density at radius 3 is 2.79 bits per heavy atom. The van der Waals surface area contributed by atoms with Gasteiger partial charge >= 0.3 is 0 Å². The second-order valence-corrected chi connectivity index (χ2v) is 6.82. The maximum Gasteiger partial charge on any atom is 0.191 e. The molecule has 1 atom stereocenters. The molecule has 0 radical (unpaired) electrons. The predicted molar refractivity (Wildman–Crippen MR) is 121 cm³/mol. The van der Waals surface area contributed by atoms with E-state index in [0.717, 1.165) is 38.0 Å². The lowest BCUT2D eigenvalue weighted by molar-refractivity contribution is -0.0212. The van der Waals surface area contributed by atoms with Crippen molar-refractivity contribution in [1.82, 2.24) is 30.3 Å². The van der Waals surface area contributed by atoms with Crippen LogP contribution in [-0.2, 0) is 31.4 Å². The first-order chi connectivity index (χ1) is 13.1. The van der Waals surface area contributed by atoms with Crippen LogP contribution in [0.4, 0.5) is 0 Å². The predicted octanol–water partition coefficient (Wildman–Crippen LogP) is 1.52. The van der Waals surface area contributed by atoms with Crippen LogP contribution in [0.5, 0.6) is 0 Å². The molecular formula is C19H30IN7O. The number of morpholine rings is 1. The van der Waals surface area contributed by atoms with Crippen molar-refractivity contribution in [2.24, 2.45) is 12.0 Å². The van der Waals surface area contributed by atoms with Crippen LogP contribution in [0.2, 0.25) is 0 Å². The molecule has 1 aliphatic rings. The lowest BCUT2D eigenvalue weighted by Gasteiger charge is -2.31. The summed E-state index contributed by atoms with van der Waals surface area (Å²) in [4.78, 5) is 10.9. The molecular weight excluding hydrogens is 469 g/mol. The molecule has 0 bridgehead atoms. The standard InChI is InChI=1S/C19H29N7O.HI/c1-15-12-26(7-8-27-15)13-17-6-4-5-16(9-17)10-21-19(20-2)22-11-18-23-14-24-25(18)3;/h4-6,9,14-15H,7-8,10-13H2,1-3H3,(H2,20,21,22);1H.